The average Bonchev–Trinajstić information content (AvgIpc) is 3.02. The Hall–Kier alpha value is -3.32. The van der Waals surface area contributed by atoms with Crippen LogP contribution in [0.3, 0.4) is 0 Å². The van der Waals surface area contributed by atoms with Crippen molar-refractivity contribution in [1.29, 1.82) is 0 Å². The third-order valence-electron chi connectivity index (χ3n) is 4.30. The molecule has 27 heavy (non-hydrogen) atoms. The molecule has 4 aromatic rings. The van der Waals surface area contributed by atoms with Gasteiger partial charge in [-0.1, -0.05) is 12.1 Å². The van der Waals surface area contributed by atoms with E-state index in [-0.39, 0.29) is 0 Å². The SMILES string of the molecule is Cc1c(C(=O)O)sc2ncnc(Nc3ccc(Cc4ccncc4)cc3)c12. The van der Waals surface area contributed by atoms with Crippen molar-refractivity contribution < 1.29 is 9.90 Å². The Morgan fingerprint density at radius 2 is 1.78 bits per heavy atom. The molecule has 0 aliphatic rings. The van der Waals surface area contributed by atoms with Crippen molar-refractivity contribution in [3.63, 3.8) is 0 Å². The lowest BCUT2D eigenvalue weighted by molar-refractivity contribution is 0.0701. The summed E-state index contributed by atoms with van der Waals surface area (Å²) in [4.78, 5) is 24.9. The normalized spacial score (nSPS) is 10.9. The number of carboxylic acid groups (broad SMARTS) is 1. The molecule has 6 nitrogen and oxygen atoms in total. The number of nitrogens with one attached hydrogen (secondary N) is 1. The molecule has 0 bridgehead atoms. The molecular formula is C20H16N4O2S. The van der Waals surface area contributed by atoms with E-state index in [1.54, 1.807) is 19.3 Å². The lowest BCUT2D eigenvalue weighted by Gasteiger charge is -2.08. The van der Waals surface area contributed by atoms with Crippen molar-refractivity contribution >= 4 is 39.0 Å². The Kier molecular flexibility index (Phi) is 4.52. The highest BCUT2D eigenvalue weighted by Crippen LogP contribution is 2.34. The van der Waals surface area contributed by atoms with Crippen molar-refractivity contribution in [1.82, 2.24) is 15.0 Å². The lowest BCUT2D eigenvalue weighted by Crippen LogP contribution is -1.97. The van der Waals surface area contributed by atoms with E-state index in [1.807, 2.05) is 24.3 Å². The number of pyridine rings is 1. The first-order valence-electron chi connectivity index (χ1n) is 8.34. The summed E-state index contributed by atoms with van der Waals surface area (Å²) < 4.78 is 0. The zero-order valence-corrected chi connectivity index (χ0v) is 15.3. The number of aromatic nitrogens is 3. The van der Waals surface area contributed by atoms with Crippen LogP contribution in [0.15, 0.2) is 55.1 Å². The zero-order chi connectivity index (χ0) is 18.8. The van der Waals surface area contributed by atoms with Gasteiger partial charge in [-0.05, 0) is 54.3 Å². The number of carbonyl (C=O) groups is 1. The van der Waals surface area contributed by atoms with Crippen LogP contribution in [0.25, 0.3) is 10.2 Å². The molecule has 4 rings (SSSR count). The Morgan fingerprint density at radius 3 is 2.48 bits per heavy atom. The first-order valence-corrected chi connectivity index (χ1v) is 9.15. The van der Waals surface area contributed by atoms with E-state index in [0.29, 0.717) is 21.1 Å². The van der Waals surface area contributed by atoms with Crippen LogP contribution in [0, 0.1) is 6.92 Å². The quantitative estimate of drug-likeness (QED) is 0.536. The third-order valence-corrected chi connectivity index (χ3v) is 5.48. The summed E-state index contributed by atoms with van der Waals surface area (Å²) in [6.45, 7) is 1.79. The van der Waals surface area contributed by atoms with E-state index in [4.69, 9.17) is 0 Å². The highest BCUT2D eigenvalue weighted by Gasteiger charge is 2.18. The first kappa shape index (κ1) is 17.1. The minimum atomic E-state index is -0.943. The number of benzene rings is 1. The maximum Gasteiger partial charge on any atom is 0.346 e. The summed E-state index contributed by atoms with van der Waals surface area (Å²) in [5.74, 6) is -0.329. The van der Waals surface area contributed by atoms with Gasteiger partial charge >= 0.3 is 5.97 Å². The fourth-order valence-corrected chi connectivity index (χ4v) is 3.94. The molecule has 3 heterocycles. The Balaban J connectivity index is 1.60. The van der Waals surface area contributed by atoms with Gasteiger partial charge in [0.2, 0.25) is 0 Å². The van der Waals surface area contributed by atoms with Crippen LogP contribution in [0.1, 0.15) is 26.4 Å². The van der Waals surface area contributed by atoms with E-state index in [2.05, 4.69) is 32.4 Å². The van der Waals surface area contributed by atoms with Gasteiger partial charge in [-0.3, -0.25) is 4.98 Å². The molecule has 0 unspecified atom stereocenters. The van der Waals surface area contributed by atoms with Crippen LogP contribution in [-0.4, -0.2) is 26.0 Å². The van der Waals surface area contributed by atoms with E-state index in [1.165, 1.54) is 17.5 Å². The van der Waals surface area contributed by atoms with Crippen molar-refractivity contribution in [2.24, 2.45) is 0 Å². The molecule has 0 atom stereocenters. The maximum absolute atomic E-state index is 11.4. The number of rotatable bonds is 5. The Bertz CT molecular complexity index is 1110. The van der Waals surface area contributed by atoms with Gasteiger partial charge in [0, 0.05) is 18.1 Å². The second-order valence-electron chi connectivity index (χ2n) is 6.12. The van der Waals surface area contributed by atoms with E-state index < -0.39 is 5.97 Å². The van der Waals surface area contributed by atoms with Gasteiger partial charge in [-0.15, -0.1) is 11.3 Å². The summed E-state index contributed by atoms with van der Waals surface area (Å²) in [7, 11) is 0. The van der Waals surface area contributed by atoms with Crippen LogP contribution < -0.4 is 5.32 Å². The highest BCUT2D eigenvalue weighted by atomic mass is 32.1. The minimum Gasteiger partial charge on any atom is -0.477 e. The molecule has 3 aromatic heterocycles. The van der Waals surface area contributed by atoms with Crippen molar-refractivity contribution in [2.75, 3.05) is 5.32 Å². The molecule has 0 aliphatic heterocycles. The number of nitrogens with zero attached hydrogens (tertiary/aromatic N) is 3. The van der Waals surface area contributed by atoms with Crippen LogP contribution in [0.5, 0.6) is 0 Å². The van der Waals surface area contributed by atoms with Gasteiger partial charge in [-0.2, -0.15) is 0 Å². The zero-order valence-electron chi connectivity index (χ0n) is 14.5. The van der Waals surface area contributed by atoms with Gasteiger partial charge in [0.05, 0.1) is 5.39 Å². The van der Waals surface area contributed by atoms with E-state index >= 15 is 0 Å². The number of aromatic carboxylic acids is 1. The lowest BCUT2D eigenvalue weighted by atomic mass is 10.1. The second-order valence-corrected chi connectivity index (χ2v) is 7.12. The summed E-state index contributed by atoms with van der Waals surface area (Å²) in [5, 5.41) is 13.4. The molecule has 0 saturated heterocycles. The molecular weight excluding hydrogens is 360 g/mol. The predicted octanol–water partition coefficient (Wildman–Crippen LogP) is 4.43. The first-order chi connectivity index (χ1) is 13.1. The molecule has 0 spiro atoms. The largest absolute Gasteiger partial charge is 0.477 e. The summed E-state index contributed by atoms with van der Waals surface area (Å²) in [6, 6.07) is 12.1. The van der Waals surface area contributed by atoms with Gasteiger partial charge in [0.25, 0.3) is 0 Å². The summed E-state index contributed by atoms with van der Waals surface area (Å²) in [5.41, 5.74) is 3.97. The second kappa shape index (κ2) is 7.13. The Labute approximate surface area is 159 Å². The number of hydrogen-bond acceptors (Lipinski definition) is 6. The van der Waals surface area contributed by atoms with Crippen molar-refractivity contribution in [2.45, 2.75) is 13.3 Å². The molecule has 7 heteroatoms. The number of carboxylic acids is 1. The van der Waals surface area contributed by atoms with E-state index in [9.17, 15) is 9.90 Å². The molecule has 0 fully saturated rings. The number of thiophene rings is 1. The van der Waals surface area contributed by atoms with Gasteiger partial charge in [-0.25, -0.2) is 14.8 Å². The monoisotopic (exact) mass is 376 g/mol. The van der Waals surface area contributed by atoms with Gasteiger partial charge in [0.1, 0.15) is 21.9 Å². The summed E-state index contributed by atoms with van der Waals surface area (Å²) in [6.07, 6.45) is 5.87. The van der Waals surface area contributed by atoms with Crippen LogP contribution in [-0.2, 0) is 6.42 Å². The van der Waals surface area contributed by atoms with Crippen LogP contribution in [0.2, 0.25) is 0 Å². The molecule has 1 aromatic carbocycles. The molecule has 0 radical (unpaired) electrons. The standard InChI is InChI=1S/C20H16N4O2S/c1-12-16-18(22-11-23-19(16)27-17(12)20(25)26)24-15-4-2-13(3-5-15)10-14-6-8-21-9-7-14/h2-9,11H,10H2,1H3,(H,25,26)(H,22,23,24). The fraction of sp³-hybridized carbons (Fsp3) is 0.100. The average molecular weight is 376 g/mol. The number of fused-ring (bicyclic) bond motifs is 1. The smallest absolute Gasteiger partial charge is 0.346 e. The fourth-order valence-electron chi connectivity index (χ4n) is 2.95. The number of hydrogen-bond donors (Lipinski definition) is 2. The molecule has 0 saturated carbocycles. The van der Waals surface area contributed by atoms with Gasteiger partial charge < -0.3 is 10.4 Å². The number of anilines is 2. The van der Waals surface area contributed by atoms with Crippen molar-refractivity contribution in [3.8, 4) is 0 Å². The minimum absolute atomic E-state index is 0.293. The Morgan fingerprint density at radius 1 is 1.07 bits per heavy atom. The van der Waals surface area contributed by atoms with Crippen molar-refractivity contribution in [3.05, 3.63) is 76.7 Å². The van der Waals surface area contributed by atoms with Crippen LogP contribution in [0.4, 0.5) is 11.5 Å². The highest BCUT2D eigenvalue weighted by molar-refractivity contribution is 7.20. The molecule has 134 valence electrons. The maximum atomic E-state index is 11.4. The van der Waals surface area contributed by atoms with Gasteiger partial charge in [0.15, 0.2) is 0 Å². The topological polar surface area (TPSA) is 88.0 Å². The number of aryl methyl sites for hydroxylation is 1. The van der Waals surface area contributed by atoms with E-state index in [0.717, 1.165) is 28.8 Å². The third kappa shape index (κ3) is 3.50. The van der Waals surface area contributed by atoms with Crippen LogP contribution >= 0.6 is 11.3 Å². The predicted molar refractivity (Wildman–Crippen MR) is 106 cm³/mol. The molecule has 0 aliphatic carbocycles. The molecule has 0 amide bonds. The summed E-state index contributed by atoms with van der Waals surface area (Å²) >= 11 is 1.16. The molecule has 2 N–H and O–H groups in total.